The Balaban J connectivity index is 1.65. The maximum absolute atomic E-state index is 3.58. The fourth-order valence-corrected chi connectivity index (χ4v) is 3.46. The summed E-state index contributed by atoms with van der Waals surface area (Å²) in [5.74, 6) is 0. The first-order valence-electron chi connectivity index (χ1n) is 7.30. The minimum absolute atomic E-state index is 0.642. The van der Waals surface area contributed by atoms with Crippen LogP contribution in [-0.4, -0.2) is 55.6 Å². The normalized spacial score (nSPS) is 20.0. The first-order valence-corrected chi connectivity index (χ1v) is 8.18. The molecule has 2 rings (SSSR count). The molecule has 3 nitrogen and oxygen atoms in total. The van der Waals surface area contributed by atoms with Crippen molar-refractivity contribution >= 4 is 11.3 Å². The van der Waals surface area contributed by atoms with Crippen LogP contribution in [0, 0.1) is 0 Å². The lowest BCUT2D eigenvalue weighted by Crippen LogP contribution is -2.48. The van der Waals surface area contributed by atoms with Crippen molar-refractivity contribution in [3.63, 3.8) is 0 Å². The Morgan fingerprint density at radius 2 is 2.16 bits per heavy atom. The summed E-state index contributed by atoms with van der Waals surface area (Å²) in [5.41, 5.74) is 0. The van der Waals surface area contributed by atoms with E-state index in [0.717, 1.165) is 19.1 Å². The molecule has 0 aliphatic carbocycles. The molecule has 0 spiro atoms. The van der Waals surface area contributed by atoms with Gasteiger partial charge in [-0.1, -0.05) is 6.07 Å². The molecule has 0 radical (unpaired) electrons. The zero-order valence-electron chi connectivity index (χ0n) is 12.4. The Kier molecular flexibility index (Phi) is 5.82. The lowest BCUT2D eigenvalue weighted by atomic mass is 10.0. The molecule has 1 aliphatic rings. The van der Waals surface area contributed by atoms with Gasteiger partial charge in [-0.05, 0) is 58.4 Å². The average Bonchev–Trinajstić information content (AvgIpc) is 2.92. The smallest absolute Gasteiger partial charge is 0.0300 e. The Bertz CT molecular complexity index is 342. The first kappa shape index (κ1) is 15.0. The molecule has 19 heavy (non-hydrogen) atoms. The minimum atomic E-state index is 0.642. The monoisotopic (exact) mass is 281 g/mol. The molecule has 0 saturated carbocycles. The molecular formula is C15H27N3S. The van der Waals surface area contributed by atoms with Crippen LogP contribution in [0.2, 0.25) is 0 Å². The van der Waals surface area contributed by atoms with Crippen LogP contribution in [0.5, 0.6) is 0 Å². The van der Waals surface area contributed by atoms with Gasteiger partial charge in [-0.3, -0.25) is 4.90 Å². The van der Waals surface area contributed by atoms with Crippen LogP contribution in [0.1, 0.15) is 24.6 Å². The van der Waals surface area contributed by atoms with Gasteiger partial charge in [-0.2, -0.15) is 0 Å². The number of nitrogens with one attached hydrogen (secondary N) is 1. The molecule has 1 saturated heterocycles. The molecule has 1 atom stereocenters. The van der Waals surface area contributed by atoms with Gasteiger partial charge >= 0.3 is 0 Å². The zero-order valence-corrected chi connectivity index (χ0v) is 13.2. The number of piperidine rings is 1. The predicted molar refractivity (Wildman–Crippen MR) is 83.8 cm³/mol. The molecule has 1 aliphatic heterocycles. The third-order valence-corrected chi connectivity index (χ3v) is 5.05. The van der Waals surface area contributed by atoms with Gasteiger partial charge in [0.15, 0.2) is 0 Å². The second-order valence-electron chi connectivity index (χ2n) is 5.79. The average molecular weight is 281 g/mol. The summed E-state index contributed by atoms with van der Waals surface area (Å²) >= 11 is 1.83. The Morgan fingerprint density at radius 1 is 1.42 bits per heavy atom. The molecule has 0 aromatic carbocycles. The van der Waals surface area contributed by atoms with Crippen LogP contribution in [0.15, 0.2) is 17.5 Å². The van der Waals surface area contributed by atoms with Crippen molar-refractivity contribution in [3.05, 3.63) is 22.4 Å². The summed E-state index contributed by atoms with van der Waals surface area (Å²) < 4.78 is 0. The quantitative estimate of drug-likeness (QED) is 0.863. The summed E-state index contributed by atoms with van der Waals surface area (Å²) in [7, 11) is 4.40. The van der Waals surface area contributed by atoms with Crippen LogP contribution in [0.25, 0.3) is 0 Å². The zero-order chi connectivity index (χ0) is 13.7. The third kappa shape index (κ3) is 4.56. The number of rotatable bonds is 6. The highest BCUT2D eigenvalue weighted by molar-refractivity contribution is 7.09. The molecule has 108 valence electrons. The van der Waals surface area contributed by atoms with Gasteiger partial charge in [0.05, 0.1) is 0 Å². The van der Waals surface area contributed by atoms with Gasteiger partial charge in [0.2, 0.25) is 0 Å². The van der Waals surface area contributed by atoms with Gasteiger partial charge < -0.3 is 10.2 Å². The SMILES string of the molecule is CC(CNCc1cccs1)N1CCC(N(C)C)CC1. The summed E-state index contributed by atoms with van der Waals surface area (Å²) in [6.45, 7) is 6.92. The molecule has 1 unspecified atom stereocenters. The molecule has 0 bridgehead atoms. The van der Waals surface area contributed by atoms with Crippen LogP contribution in [-0.2, 0) is 6.54 Å². The number of likely N-dealkylation sites (tertiary alicyclic amines) is 1. The van der Waals surface area contributed by atoms with E-state index >= 15 is 0 Å². The van der Waals surface area contributed by atoms with Gasteiger partial charge in [0, 0.05) is 30.1 Å². The minimum Gasteiger partial charge on any atom is -0.310 e. The van der Waals surface area contributed by atoms with Crippen LogP contribution in [0.4, 0.5) is 0 Å². The number of nitrogens with zero attached hydrogens (tertiary/aromatic N) is 2. The summed E-state index contributed by atoms with van der Waals surface area (Å²) in [6.07, 6.45) is 2.62. The van der Waals surface area contributed by atoms with Gasteiger partial charge in [-0.15, -0.1) is 11.3 Å². The van der Waals surface area contributed by atoms with E-state index in [0.29, 0.717) is 6.04 Å². The standard InChI is InChI=1S/C15H27N3S/c1-13(11-16-12-15-5-4-10-19-15)18-8-6-14(7-9-18)17(2)3/h4-5,10,13-14,16H,6-9,11-12H2,1-3H3. The van der Waals surface area contributed by atoms with Crippen molar-refractivity contribution in [3.8, 4) is 0 Å². The van der Waals surface area contributed by atoms with Gasteiger partial charge in [-0.25, -0.2) is 0 Å². The van der Waals surface area contributed by atoms with Crippen LogP contribution in [0.3, 0.4) is 0 Å². The molecule has 1 aromatic rings. The van der Waals surface area contributed by atoms with Crippen molar-refractivity contribution in [1.82, 2.24) is 15.1 Å². The first-order chi connectivity index (χ1) is 9.16. The number of hydrogen-bond acceptors (Lipinski definition) is 4. The van der Waals surface area contributed by atoms with Gasteiger partial charge in [0.1, 0.15) is 0 Å². The highest BCUT2D eigenvalue weighted by Crippen LogP contribution is 2.16. The Morgan fingerprint density at radius 3 is 2.74 bits per heavy atom. The van der Waals surface area contributed by atoms with Crippen molar-refractivity contribution in [2.75, 3.05) is 33.7 Å². The molecule has 1 aromatic heterocycles. The topological polar surface area (TPSA) is 18.5 Å². The molecule has 0 amide bonds. The molecule has 4 heteroatoms. The maximum atomic E-state index is 3.58. The van der Waals surface area contributed by atoms with E-state index in [1.165, 1.54) is 30.8 Å². The second kappa shape index (κ2) is 7.39. The van der Waals surface area contributed by atoms with Crippen LogP contribution < -0.4 is 5.32 Å². The fourth-order valence-electron chi connectivity index (χ4n) is 2.79. The summed E-state index contributed by atoms with van der Waals surface area (Å²) in [5, 5.41) is 5.72. The lowest BCUT2D eigenvalue weighted by Gasteiger charge is -2.38. The number of thiophene rings is 1. The van der Waals surface area contributed by atoms with Crippen molar-refractivity contribution in [2.24, 2.45) is 0 Å². The van der Waals surface area contributed by atoms with E-state index in [1.807, 2.05) is 11.3 Å². The van der Waals surface area contributed by atoms with Crippen molar-refractivity contribution < 1.29 is 0 Å². The van der Waals surface area contributed by atoms with E-state index in [2.05, 4.69) is 53.6 Å². The Hall–Kier alpha value is -0.420. The predicted octanol–water partition coefficient (Wildman–Crippen LogP) is 2.25. The van der Waals surface area contributed by atoms with E-state index in [9.17, 15) is 0 Å². The highest BCUT2D eigenvalue weighted by atomic mass is 32.1. The van der Waals surface area contributed by atoms with Crippen molar-refractivity contribution in [1.29, 1.82) is 0 Å². The van der Waals surface area contributed by atoms with Crippen LogP contribution >= 0.6 is 11.3 Å². The highest BCUT2D eigenvalue weighted by Gasteiger charge is 2.23. The molecule has 2 heterocycles. The molecular weight excluding hydrogens is 254 g/mol. The number of hydrogen-bond donors (Lipinski definition) is 1. The summed E-state index contributed by atoms with van der Waals surface area (Å²) in [4.78, 5) is 6.43. The molecule has 1 N–H and O–H groups in total. The third-order valence-electron chi connectivity index (χ3n) is 4.17. The van der Waals surface area contributed by atoms with E-state index < -0.39 is 0 Å². The maximum Gasteiger partial charge on any atom is 0.0300 e. The largest absolute Gasteiger partial charge is 0.310 e. The summed E-state index contributed by atoms with van der Waals surface area (Å²) in [6, 6.07) is 5.74. The van der Waals surface area contributed by atoms with E-state index in [-0.39, 0.29) is 0 Å². The fraction of sp³-hybridized carbons (Fsp3) is 0.733. The van der Waals surface area contributed by atoms with Crippen molar-refractivity contribution in [2.45, 2.75) is 38.4 Å². The Labute approximate surface area is 121 Å². The molecule has 1 fully saturated rings. The van der Waals surface area contributed by atoms with Gasteiger partial charge in [0.25, 0.3) is 0 Å². The lowest BCUT2D eigenvalue weighted by molar-refractivity contribution is 0.114. The second-order valence-corrected chi connectivity index (χ2v) is 6.82. The van der Waals surface area contributed by atoms with E-state index in [4.69, 9.17) is 0 Å². The van der Waals surface area contributed by atoms with E-state index in [1.54, 1.807) is 0 Å².